The average molecular weight is 366 g/mol. The van der Waals surface area contributed by atoms with Crippen LogP contribution >= 0.6 is 11.8 Å². The molecule has 3 aromatic heterocycles. The third-order valence-electron chi connectivity index (χ3n) is 3.62. The molecule has 0 atom stereocenters. The molecule has 0 bridgehead atoms. The SMILES string of the molecule is Cc1cc(Nc2nc(Sc3cccc(C(=O)O)c3)cc3nccn23)n[nH]1. The molecule has 0 saturated carbocycles. The van der Waals surface area contributed by atoms with Crippen LogP contribution in [0.3, 0.4) is 0 Å². The zero-order chi connectivity index (χ0) is 18.1. The third-order valence-corrected chi connectivity index (χ3v) is 4.52. The minimum absolute atomic E-state index is 0.238. The molecule has 0 saturated heterocycles. The molecule has 4 rings (SSSR count). The predicted molar refractivity (Wildman–Crippen MR) is 97.1 cm³/mol. The first-order chi connectivity index (χ1) is 12.6. The fourth-order valence-corrected chi connectivity index (χ4v) is 3.32. The number of aromatic amines is 1. The van der Waals surface area contributed by atoms with Crippen molar-refractivity contribution in [3.8, 4) is 0 Å². The van der Waals surface area contributed by atoms with Crippen LogP contribution in [0.2, 0.25) is 0 Å². The second kappa shape index (κ2) is 6.52. The molecule has 0 unspecified atom stereocenters. The summed E-state index contributed by atoms with van der Waals surface area (Å²) in [7, 11) is 0. The van der Waals surface area contributed by atoms with Gasteiger partial charge in [0.25, 0.3) is 0 Å². The molecule has 3 N–H and O–H groups in total. The van der Waals surface area contributed by atoms with Crippen LogP contribution in [0.5, 0.6) is 0 Å². The molecule has 1 aromatic carbocycles. The van der Waals surface area contributed by atoms with Crippen molar-refractivity contribution in [2.45, 2.75) is 16.8 Å². The summed E-state index contributed by atoms with van der Waals surface area (Å²) < 4.78 is 1.82. The highest BCUT2D eigenvalue weighted by atomic mass is 32.2. The first kappa shape index (κ1) is 16.2. The van der Waals surface area contributed by atoms with Gasteiger partial charge in [-0.2, -0.15) is 5.10 Å². The van der Waals surface area contributed by atoms with Crippen molar-refractivity contribution in [1.82, 2.24) is 24.6 Å². The molecule has 0 aliphatic rings. The minimum Gasteiger partial charge on any atom is -0.478 e. The molecule has 4 aromatic rings. The number of aromatic nitrogens is 5. The van der Waals surface area contributed by atoms with Gasteiger partial charge in [0.05, 0.1) is 5.56 Å². The van der Waals surface area contributed by atoms with Crippen molar-refractivity contribution in [3.05, 3.63) is 60.0 Å². The third kappa shape index (κ3) is 3.24. The van der Waals surface area contributed by atoms with Crippen LogP contribution in [0, 0.1) is 6.92 Å². The van der Waals surface area contributed by atoms with Gasteiger partial charge in [-0.3, -0.25) is 9.50 Å². The van der Waals surface area contributed by atoms with Gasteiger partial charge in [0, 0.05) is 35.1 Å². The Bertz CT molecular complexity index is 1100. The zero-order valence-electron chi connectivity index (χ0n) is 13.7. The average Bonchev–Trinajstić information content (AvgIpc) is 3.24. The van der Waals surface area contributed by atoms with Gasteiger partial charge in [-0.15, -0.1) is 0 Å². The fraction of sp³-hybridized carbons (Fsp3) is 0.0588. The van der Waals surface area contributed by atoms with Crippen LogP contribution in [0.1, 0.15) is 16.1 Å². The Kier molecular flexibility index (Phi) is 4.05. The highest BCUT2D eigenvalue weighted by Crippen LogP contribution is 2.29. The largest absolute Gasteiger partial charge is 0.478 e. The summed E-state index contributed by atoms with van der Waals surface area (Å²) in [6, 6.07) is 10.5. The van der Waals surface area contributed by atoms with E-state index in [1.54, 1.807) is 24.4 Å². The Labute approximate surface area is 152 Å². The lowest BCUT2D eigenvalue weighted by molar-refractivity contribution is 0.0696. The molecule has 0 aliphatic carbocycles. The number of carboxylic acids is 1. The highest BCUT2D eigenvalue weighted by molar-refractivity contribution is 7.99. The topological polar surface area (TPSA) is 108 Å². The van der Waals surface area contributed by atoms with Crippen LogP contribution < -0.4 is 5.32 Å². The van der Waals surface area contributed by atoms with Gasteiger partial charge in [0.2, 0.25) is 5.95 Å². The van der Waals surface area contributed by atoms with Gasteiger partial charge in [-0.05, 0) is 25.1 Å². The number of carbonyl (C=O) groups is 1. The van der Waals surface area contributed by atoms with Gasteiger partial charge < -0.3 is 10.4 Å². The molecule has 26 heavy (non-hydrogen) atoms. The van der Waals surface area contributed by atoms with Gasteiger partial charge in [0.1, 0.15) is 10.7 Å². The maximum atomic E-state index is 11.1. The van der Waals surface area contributed by atoms with E-state index in [2.05, 4.69) is 25.5 Å². The quantitative estimate of drug-likeness (QED) is 0.465. The van der Waals surface area contributed by atoms with Crippen LogP contribution in [0.25, 0.3) is 5.65 Å². The van der Waals surface area contributed by atoms with E-state index in [0.717, 1.165) is 16.2 Å². The maximum Gasteiger partial charge on any atom is 0.335 e. The Morgan fingerprint density at radius 3 is 2.96 bits per heavy atom. The van der Waals surface area contributed by atoms with Crippen molar-refractivity contribution >= 4 is 35.1 Å². The standard InChI is InChI=1S/C17H14N6O2S/c1-10-7-13(22-21-10)19-17-20-15(9-14-18-5-6-23(14)17)26-12-4-2-3-11(8-12)16(24)25/h2-9H,1H3,(H,24,25)(H2,19,20,21,22). The maximum absolute atomic E-state index is 11.1. The van der Waals surface area contributed by atoms with E-state index in [9.17, 15) is 4.79 Å². The normalized spacial score (nSPS) is 11.0. The lowest BCUT2D eigenvalue weighted by Crippen LogP contribution is -2.02. The molecule has 9 heteroatoms. The van der Waals surface area contributed by atoms with Gasteiger partial charge in [-0.1, -0.05) is 17.8 Å². The fourth-order valence-electron chi connectivity index (χ4n) is 2.45. The summed E-state index contributed by atoms with van der Waals surface area (Å²) >= 11 is 1.37. The van der Waals surface area contributed by atoms with E-state index >= 15 is 0 Å². The second-order valence-electron chi connectivity index (χ2n) is 5.57. The number of H-pyrrole nitrogens is 1. The molecule has 8 nitrogen and oxygen atoms in total. The Balaban J connectivity index is 1.69. The number of imidazole rings is 1. The number of aromatic carboxylic acids is 1. The lowest BCUT2D eigenvalue weighted by atomic mass is 10.2. The van der Waals surface area contributed by atoms with Crippen molar-refractivity contribution in [2.75, 3.05) is 5.32 Å². The number of benzene rings is 1. The number of anilines is 2. The van der Waals surface area contributed by atoms with E-state index in [4.69, 9.17) is 5.11 Å². The van der Waals surface area contributed by atoms with Gasteiger partial charge in [0.15, 0.2) is 5.82 Å². The highest BCUT2D eigenvalue weighted by Gasteiger charge is 2.11. The van der Waals surface area contributed by atoms with Crippen LogP contribution in [-0.2, 0) is 0 Å². The molecule has 0 radical (unpaired) electrons. The lowest BCUT2D eigenvalue weighted by Gasteiger charge is -2.08. The predicted octanol–water partition coefficient (Wildman–Crippen LogP) is 3.35. The first-order valence-electron chi connectivity index (χ1n) is 7.73. The van der Waals surface area contributed by atoms with E-state index in [1.165, 1.54) is 11.8 Å². The van der Waals surface area contributed by atoms with Crippen LogP contribution in [-0.4, -0.2) is 35.6 Å². The monoisotopic (exact) mass is 366 g/mol. The van der Waals surface area contributed by atoms with Gasteiger partial charge >= 0.3 is 5.97 Å². The molecule has 3 heterocycles. The molecule has 0 spiro atoms. The summed E-state index contributed by atoms with van der Waals surface area (Å²) in [6.45, 7) is 1.92. The minimum atomic E-state index is -0.958. The molecule has 0 amide bonds. The van der Waals surface area contributed by atoms with E-state index in [1.807, 2.05) is 35.7 Å². The summed E-state index contributed by atoms with van der Waals surface area (Å²) in [4.78, 5) is 20.9. The second-order valence-corrected chi connectivity index (χ2v) is 6.66. The number of fused-ring (bicyclic) bond motifs is 1. The van der Waals surface area contributed by atoms with Crippen molar-refractivity contribution in [3.63, 3.8) is 0 Å². The van der Waals surface area contributed by atoms with E-state index < -0.39 is 5.97 Å². The smallest absolute Gasteiger partial charge is 0.335 e. The number of aryl methyl sites for hydroxylation is 1. The molecular formula is C17H14N6O2S. The van der Waals surface area contributed by atoms with Crippen molar-refractivity contribution in [1.29, 1.82) is 0 Å². The number of nitrogens with one attached hydrogen (secondary N) is 2. The number of carboxylic acid groups (broad SMARTS) is 1. The number of hydrogen-bond acceptors (Lipinski definition) is 6. The summed E-state index contributed by atoms with van der Waals surface area (Å²) in [5, 5.41) is 20.0. The Hall–Kier alpha value is -3.33. The van der Waals surface area contributed by atoms with Crippen LogP contribution in [0.15, 0.2) is 58.7 Å². The zero-order valence-corrected chi connectivity index (χ0v) is 14.5. The van der Waals surface area contributed by atoms with Gasteiger partial charge in [-0.25, -0.2) is 14.8 Å². The van der Waals surface area contributed by atoms with Crippen molar-refractivity contribution in [2.24, 2.45) is 0 Å². The van der Waals surface area contributed by atoms with E-state index in [-0.39, 0.29) is 5.56 Å². The number of nitrogens with zero attached hydrogens (tertiary/aromatic N) is 4. The summed E-state index contributed by atoms with van der Waals surface area (Å²) in [6.07, 6.45) is 3.50. The molecular weight excluding hydrogens is 352 g/mol. The van der Waals surface area contributed by atoms with Crippen LogP contribution in [0.4, 0.5) is 11.8 Å². The van der Waals surface area contributed by atoms with E-state index in [0.29, 0.717) is 16.8 Å². The first-order valence-corrected chi connectivity index (χ1v) is 8.54. The van der Waals surface area contributed by atoms with Crippen molar-refractivity contribution < 1.29 is 9.90 Å². The molecule has 0 aliphatic heterocycles. The molecule has 0 fully saturated rings. The summed E-state index contributed by atoms with van der Waals surface area (Å²) in [5.74, 6) is 0.267. The number of hydrogen-bond donors (Lipinski definition) is 3. The summed E-state index contributed by atoms with van der Waals surface area (Å²) in [5.41, 5.74) is 1.90. The Morgan fingerprint density at radius 2 is 2.19 bits per heavy atom. The number of rotatable bonds is 5. The molecule has 130 valence electrons. The Morgan fingerprint density at radius 1 is 1.31 bits per heavy atom.